The lowest BCUT2D eigenvalue weighted by Crippen LogP contribution is -2.50. The predicted octanol–water partition coefficient (Wildman–Crippen LogP) is 4.33. The molecule has 1 aromatic heterocycles. The van der Waals surface area contributed by atoms with Crippen LogP contribution in [0.25, 0.3) is 5.57 Å². The Labute approximate surface area is 451 Å². The van der Waals surface area contributed by atoms with E-state index in [1.54, 1.807) is 11.9 Å². The number of phosphoric ester groups is 1. The Morgan fingerprint density at radius 2 is 1.73 bits per heavy atom. The van der Waals surface area contributed by atoms with Crippen molar-refractivity contribution in [3.05, 3.63) is 130 Å². The molecule has 5 aliphatic rings. The van der Waals surface area contributed by atoms with Crippen LogP contribution in [0.15, 0.2) is 58.3 Å². The van der Waals surface area contributed by atoms with Crippen molar-refractivity contribution in [2.45, 2.75) is 129 Å². The molecule has 0 saturated carbocycles. The minimum absolute atomic E-state index is 0.0114. The zero-order valence-corrected chi connectivity index (χ0v) is 47.5. The summed E-state index contributed by atoms with van der Waals surface area (Å²) >= 11 is 0. The van der Waals surface area contributed by atoms with Crippen LogP contribution < -0.4 is 41.5 Å². The molecule has 21 nitrogen and oxygen atoms in total. The molecule has 5 heterocycles. The molecule has 0 radical (unpaired) electrons. The third kappa shape index (κ3) is 11.8. The average molecular weight is 1130 g/mol. The molecule has 0 bridgehead atoms. The van der Waals surface area contributed by atoms with Crippen molar-refractivity contribution in [1.82, 2.24) is 24.3 Å². The first-order chi connectivity index (χ1) is 36.7. The van der Waals surface area contributed by atoms with Crippen molar-refractivity contribution in [2.75, 3.05) is 51.3 Å². The molecule has 4 aliphatic heterocycles. The molecule has 1 fully saturated rings. The molecule has 9 rings (SSSR count). The van der Waals surface area contributed by atoms with E-state index in [9.17, 15) is 47.6 Å². The van der Waals surface area contributed by atoms with Gasteiger partial charge in [-0.15, -0.1) is 0 Å². The minimum atomic E-state index is -5.83. The van der Waals surface area contributed by atoms with Gasteiger partial charge in [-0.3, -0.25) is 33.0 Å². The van der Waals surface area contributed by atoms with Gasteiger partial charge in [0, 0.05) is 78.9 Å². The van der Waals surface area contributed by atoms with Gasteiger partial charge in [-0.05, 0) is 128 Å². The number of hydrogen-bond donors (Lipinski definition) is 5. The highest BCUT2D eigenvalue weighted by Gasteiger charge is 2.44. The Morgan fingerprint density at radius 1 is 1.00 bits per heavy atom. The number of carbonyl (C=O) groups excluding carboxylic acids is 2. The number of aromatic nitrogens is 2. The van der Waals surface area contributed by atoms with E-state index in [4.69, 9.17) is 9.63 Å². The Hall–Kier alpha value is -5.32. The van der Waals surface area contributed by atoms with Crippen LogP contribution in [0.1, 0.15) is 153 Å². The number of benzene rings is 3. The second-order valence-electron chi connectivity index (χ2n) is 21.9. The fourth-order valence-corrected chi connectivity index (χ4v) is 15.5. The van der Waals surface area contributed by atoms with E-state index in [2.05, 4.69) is 111 Å². The molecule has 6 atom stereocenters. The van der Waals surface area contributed by atoms with Gasteiger partial charge in [0.2, 0.25) is 11.3 Å². The summed E-state index contributed by atoms with van der Waals surface area (Å²) in [6.07, 6.45) is 5.10. The molecule has 2 amide bonds. The number of ether oxygens (including phenoxy) is 1. The monoisotopic (exact) mass is 1130 g/mol. The fraction of sp³-hybridized carbons (Fsp3) is 0.500. The summed E-state index contributed by atoms with van der Waals surface area (Å²) in [6.45, 7) is 16.5. The molecule has 5 N–H and O–H groups in total. The average Bonchev–Trinajstić information content (AvgIpc) is 3.96. The van der Waals surface area contributed by atoms with Crippen LogP contribution in [0, 0.1) is 11.8 Å². The molecule has 418 valence electrons. The van der Waals surface area contributed by atoms with Gasteiger partial charge in [-0.2, -0.15) is 4.31 Å². The van der Waals surface area contributed by atoms with Crippen LogP contribution >= 0.6 is 23.5 Å². The molecule has 1 aliphatic carbocycles. The SMILES string of the molecule is CCN1c2cc3c(cc2C(C)CC1(C)C)C(c1ccccc1C(=O)N(C)CCCC(=O)NCC#Cc1cn([C@H]2CC[C@@H](COP(=O)(O)OP(=O)(O)OP(=O)([O-])O)O2)c(=O)[nH]c1=O)=c1cc2c4c(c1C3(C)C)CCC[N+]=4CCC2. The number of carbonyl (C=O) groups is 2. The topological polar surface area (TPSA) is 282 Å². The van der Waals surface area contributed by atoms with E-state index >= 15 is 0 Å². The number of fused-ring (bicyclic) bond motifs is 4. The van der Waals surface area contributed by atoms with Gasteiger partial charge in [0.1, 0.15) is 24.9 Å². The molecule has 24 heteroatoms. The number of nitrogens with one attached hydrogen (secondary N) is 2. The maximum Gasteiger partial charge on any atom is 0.487 e. The van der Waals surface area contributed by atoms with E-state index in [0.717, 1.165) is 73.6 Å². The third-order valence-corrected chi connectivity index (χ3v) is 19.4. The van der Waals surface area contributed by atoms with Gasteiger partial charge in [0.25, 0.3) is 19.3 Å². The number of anilines is 1. The Balaban J connectivity index is 0.884. The number of phosphoric acid groups is 3. The molecule has 4 aromatic rings. The number of hydrogen-bond acceptors (Lipinski definition) is 13. The summed E-state index contributed by atoms with van der Waals surface area (Å²) in [6, 6.07) is 15.3. The Bertz CT molecular complexity index is 3570. The standard InChI is InChI=1S/C54H67N6O15P3/c1-8-60-44-29-43-41(28-40(44)33(2)30-53(60,3)4)47(42-27-34-16-12-25-58-26-13-19-39(49(34)58)48(42)54(43,5)6)37-17-9-10-18-38(37)51(63)57(7)24-14-20-45(61)55-23-11-15-35-31-59(52(64)56-50(35)62)46-22-21-36(73-46)32-72-77(68,69)75-78(70,71)74-76(65,66)67/h9-10,17-18,27-29,31,33,36,46H,8,12-14,16,19-26,30,32H2,1-7H3,(H5-,55,56,61,62,64,65,66,67,68,69,70,71)/t33?,36-,46+/m0/s1. The van der Waals surface area contributed by atoms with E-state index in [0.29, 0.717) is 24.4 Å². The molecule has 3 aromatic carbocycles. The van der Waals surface area contributed by atoms with Gasteiger partial charge in [-0.25, -0.2) is 22.8 Å². The summed E-state index contributed by atoms with van der Waals surface area (Å²) in [7, 11) is -15.3. The minimum Gasteiger partial charge on any atom is -0.756 e. The van der Waals surface area contributed by atoms with Crippen molar-refractivity contribution in [3.63, 3.8) is 0 Å². The lowest BCUT2D eigenvalue weighted by molar-refractivity contribution is -0.212. The second-order valence-corrected chi connectivity index (χ2v) is 26.3. The zero-order chi connectivity index (χ0) is 56.3. The second kappa shape index (κ2) is 22.0. The summed E-state index contributed by atoms with van der Waals surface area (Å²) in [5, 5.41) is 5.34. The summed E-state index contributed by atoms with van der Waals surface area (Å²) in [5.74, 6) is 5.20. The quantitative estimate of drug-likeness (QED) is 0.0593. The van der Waals surface area contributed by atoms with Gasteiger partial charge in [-0.1, -0.05) is 50.8 Å². The van der Waals surface area contributed by atoms with Crippen LogP contribution in [0.2, 0.25) is 0 Å². The van der Waals surface area contributed by atoms with E-state index in [-0.39, 0.29) is 54.1 Å². The number of aryl methyl sites for hydroxylation is 1. The largest absolute Gasteiger partial charge is 0.756 e. The summed E-state index contributed by atoms with van der Waals surface area (Å²) < 4.78 is 55.8. The number of H-pyrrole nitrogens is 1. The van der Waals surface area contributed by atoms with Gasteiger partial charge in [0.05, 0.1) is 19.3 Å². The molecule has 1 saturated heterocycles. The van der Waals surface area contributed by atoms with Crippen molar-refractivity contribution in [2.24, 2.45) is 0 Å². The van der Waals surface area contributed by atoms with Crippen LogP contribution in [-0.2, 0) is 54.6 Å². The molecular weight excluding hydrogens is 1070 g/mol. The van der Waals surface area contributed by atoms with Gasteiger partial charge < -0.3 is 39.4 Å². The number of amides is 2. The highest BCUT2D eigenvalue weighted by atomic mass is 31.3. The van der Waals surface area contributed by atoms with Crippen molar-refractivity contribution in [3.8, 4) is 11.8 Å². The zero-order valence-electron chi connectivity index (χ0n) is 44.8. The van der Waals surface area contributed by atoms with Crippen LogP contribution in [0.4, 0.5) is 5.69 Å². The highest BCUT2D eigenvalue weighted by molar-refractivity contribution is 7.66. The maximum atomic E-state index is 14.8. The Morgan fingerprint density at radius 3 is 2.46 bits per heavy atom. The van der Waals surface area contributed by atoms with Crippen LogP contribution in [0.3, 0.4) is 0 Å². The van der Waals surface area contributed by atoms with Crippen LogP contribution in [0.5, 0.6) is 0 Å². The summed E-state index contributed by atoms with van der Waals surface area (Å²) in [4.78, 5) is 98.2. The van der Waals surface area contributed by atoms with Gasteiger partial charge >= 0.3 is 21.3 Å². The van der Waals surface area contributed by atoms with Crippen LogP contribution in [-0.4, -0.2) is 99.0 Å². The fourth-order valence-electron chi connectivity index (χ4n) is 12.5. The van der Waals surface area contributed by atoms with E-state index in [1.807, 2.05) is 18.2 Å². The highest BCUT2D eigenvalue weighted by Crippen LogP contribution is 2.65. The smallest absolute Gasteiger partial charge is 0.487 e. The normalized spacial score (nSPS) is 22.0. The molecular formula is C54H67N6O15P3. The van der Waals surface area contributed by atoms with Gasteiger partial charge in [0.15, 0.2) is 0 Å². The van der Waals surface area contributed by atoms with Crippen molar-refractivity contribution in [1.29, 1.82) is 0 Å². The number of aromatic amines is 1. The van der Waals surface area contributed by atoms with E-state index in [1.165, 1.54) is 49.6 Å². The molecule has 0 spiro atoms. The molecule has 4 unspecified atom stereocenters. The van der Waals surface area contributed by atoms with E-state index < -0.39 is 53.7 Å². The number of rotatable bonds is 16. The maximum absolute atomic E-state index is 14.8. The first kappa shape index (κ1) is 57.4. The lowest BCUT2D eigenvalue weighted by Gasteiger charge is -2.48. The summed E-state index contributed by atoms with van der Waals surface area (Å²) in [5.41, 5.74) is 9.68. The van der Waals surface area contributed by atoms with Crippen molar-refractivity contribution >= 4 is 46.5 Å². The Kier molecular flexibility index (Phi) is 16.2. The first-order valence-electron chi connectivity index (χ1n) is 26.3. The van der Waals surface area contributed by atoms with Crippen molar-refractivity contribution < 1.29 is 60.7 Å². The first-order valence-corrected chi connectivity index (χ1v) is 30.8. The lowest BCUT2D eigenvalue weighted by atomic mass is 9.64. The number of nitrogens with zero attached hydrogens (tertiary/aromatic N) is 4. The third-order valence-electron chi connectivity index (χ3n) is 15.7. The molecule has 78 heavy (non-hydrogen) atoms. The predicted molar refractivity (Wildman–Crippen MR) is 288 cm³/mol.